The Morgan fingerprint density at radius 1 is 1.06 bits per heavy atom. The van der Waals surface area contributed by atoms with Gasteiger partial charge >= 0.3 is 0 Å². The second kappa shape index (κ2) is 9.33. The van der Waals surface area contributed by atoms with E-state index in [1.54, 1.807) is 24.3 Å². The van der Waals surface area contributed by atoms with E-state index in [4.69, 9.17) is 16.3 Å². The average Bonchev–Trinajstić information content (AvgIpc) is 3.44. The number of halogens is 5. The highest BCUT2D eigenvalue weighted by Crippen LogP contribution is 2.23. The molecule has 4 rings (SSSR count). The largest absolute Gasteiger partial charge is 0.470 e. The first kappa shape index (κ1) is 22.3. The Hall–Kier alpha value is -3.86. The number of nitrogens with zero attached hydrogens (tertiary/aromatic N) is 4. The van der Waals surface area contributed by atoms with Gasteiger partial charge in [-0.2, -0.15) is 10.2 Å². The highest BCUT2D eigenvalue weighted by atomic mass is 35.5. The number of aromatic nitrogens is 4. The monoisotopic (exact) mass is 479 g/mol. The maximum absolute atomic E-state index is 13.8. The van der Waals surface area contributed by atoms with E-state index in [9.17, 15) is 22.4 Å². The zero-order valence-corrected chi connectivity index (χ0v) is 17.4. The molecular weight excluding hydrogens is 466 g/mol. The van der Waals surface area contributed by atoms with Gasteiger partial charge in [0, 0.05) is 24.0 Å². The van der Waals surface area contributed by atoms with Gasteiger partial charge in [-0.1, -0.05) is 23.7 Å². The molecule has 0 unspecified atom stereocenters. The third kappa shape index (κ3) is 4.98. The summed E-state index contributed by atoms with van der Waals surface area (Å²) in [7, 11) is 0. The van der Waals surface area contributed by atoms with Gasteiger partial charge in [-0.3, -0.25) is 9.48 Å². The molecule has 12 heteroatoms. The zero-order chi connectivity index (χ0) is 23.5. The summed E-state index contributed by atoms with van der Waals surface area (Å²) in [5.74, 6) is -6.41. The molecule has 0 spiro atoms. The standard InChI is InChI=1S/C21H14ClF4N5O2/c22-14-3-1-2-4-18(14)33-11-30-6-5-17(29-30)21(32)28-12-8-27-31(9-12)10-13-15(23)7-16(24)20(26)19(13)25/h1-9H,10-11H2,(H,28,32). The Morgan fingerprint density at radius 3 is 2.64 bits per heavy atom. The summed E-state index contributed by atoms with van der Waals surface area (Å²) in [6, 6.07) is 8.61. The maximum Gasteiger partial charge on any atom is 0.276 e. The van der Waals surface area contributed by atoms with Gasteiger partial charge in [-0.15, -0.1) is 0 Å². The van der Waals surface area contributed by atoms with Crippen LogP contribution in [0.25, 0.3) is 0 Å². The molecule has 0 aliphatic rings. The van der Waals surface area contributed by atoms with Crippen molar-refractivity contribution < 1.29 is 27.1 Å². The van der Waals surface area contributed by atoms with Gasteiger partial charge in [0.05, 0.1) is 23.5 Å². The Kier molecular flexibility index (Phi) is 6.31. The Morgan fingerprint density at radius 2 is 1.85 bits per heavy atom. The second-order valence-corrected chi connectivity index (χ2v) is 7.18. The third-order valence-corrected chi connectivity index (χ3v) is 4.79. The zero-order valence-electron chi connectivity index (χ0n) is 16.6. The number of carbonyl (C=O) groups is 1. The lowest BCUT2D eigenvalue weighted by atomic mass is 10.2. The predicted molar refractivity (Wildman–Crippen MR) is 110 cm³/mol. The SMILES string of the molecule is O=C(Nc1cnn(Cc2c(F)cc(F)c(F)c2F)c1)c1ccn(COc2ccccc2Cl)n1. The first-order valence-electron chi connectivity index (χ1n) is 9.38. The van der Waals surface area contributed by atoms with Gasteiger partial charge in [-0.25, -0.2) is 22.2 Å². The van der Waals surface area contributed by atoms with Crippen LogP contribution in [0.3, 0.4) is 0 Å². The van der Waals surface area contributed by atoms with Crippen LogP contribution < -0.4 is 10.1 Å². The summed E-state index contributed by atoms with van der Waals surface area (Å²) in [4.78, 5) is 12.4. The normalized spacial score (nSPS) is 10.9. The van der Waals surface area contributed by atoms with Crippen LogP contribution in [0.5, 0.6) is 5.75 Å². The number of benzene rings is 2. The van der Waals surface area contributed by atoms with Crippen LogP contribution >= 0.6 is 11.6 Å². The number of amides is 1. The van der Waals surface area contributed by atoms with Crippen molar-refractivity contribution in [3.05, 3.63) is 94.5 Å². The number of anilines is 1. The number of para-hydroxylation sites is 1. The fourth-order valence-corrected chi connectivity index (χ4v) is 3.06. The number of hydrogen-bond acceptors (Lipinski definition) is 4. The van der Waals surface area contributed by atoms with Crippen molar-refractivity contribution >= 4 is 23.2 Å². The van der Waals surface area contributed by atoms with Crippen molar-refractivity contribution in [1.82, 2.24) is 19.6 Å². The predicted octanol–water partition coefficient (Wildman–Crippen LogP) is 4.63. The van der Waals surface area contributed by atoms with Crippen LogP contribution in [0.15, 0.2) is 55.0 Å². The molecule has 2 heterocycles. The smallest absolute Gasteiger partial charge is 0.276 e. The summed E-state index contributed by atoms with van der Waals surface area (Å²) in [5, 5.41) is 10.9. The molecule has 0 aliphatic carbocycles. The van der Waals surface area contributed by atoms with E-state index in [0.717, 1.165) is 4.68 Å². The summed E-state index contributed by atoms with van der Waals surface area (Å²) in [6.07, 6.45) is 4.03. The lowest BCUT2D eigenvalue weighted by Gasteiger charge is -2.07. The summed E-state index contributed by atoms with van der Waals surface area (Å²) >= 11 is 6.02. The molecule has 0 radical (unpaired) electrons. The van der Waals surface area contributed by atoms with Gasteiger partial charge in [0.25, 0.3) is 5.91 Å². The van der Waals surface area contributed by atoms with Crippen LogP contribution in [0.1, 0.15) is 16.1 Å². The molecule has 0 aliphatic heterocycles. The maximum atomic E-state index is 13.8. The average molecular weight is 480 g/mol. The Bertz CT molecular complexity index is 1320. The molecule has 0 atom stereocenters. The highest BCUT2D eigenvalue weighted by molar-refractivity contribution is 6.32. The van der Waals surface area contributed by atoms with Crippen molar-refractivity contribution in [3.8, 4) is 5.75 Å². The van der Waals surface area contributed by atoms with Crippen molar-refractivity contribution in [1.29, 1.82) is 0 Å². The van der Waals surface area contributed by atoms with E-state index in [-0.39, 0.29) is 24.2 Å². The number of carbonyl (C=O) groups excluding carboxylic acids is 1. The number of rotatable bonds is 7. The minimum Gasteiger partial charge on any atom is -0.470 e. The van der Waals surface area contributed by atoms with Gasteiger partial charge in [0.2, 0.25) is 0 Å². The topological polar surface area (TPSA) is 74.0 Å². The molecule has 2 aromatic carbocycles. The van der Waals surface area contributed by atoms with Gasteiger partial charge < -0.3 is 10.1 Å². The molecule has 1 amide bonds. The fourth-order valence-electron chi connectivity index (χ4n) is 2.87. The summed E-state index contributed by atoms with van der Waals surface area (Å²) < 4.78 is 62.1. The van der Waals surface area contributed by atoms with E-state index < -0.39 is 41.3 Å². The summed E-state index contributed by atoms with van der Waals surface area (Å²) in [6.45, 7) is -0.501. The van der Waals surface area contributed by atoms with E-state index in [1.165, 1.54) is 29.3 Å². The highest BCUT2D eigenvalue weighted by Gasteiger charge is 2.20. The lowest BCUT2D eigenvalue weighted by Crippen LogP contribution is -2.14. The van der Waals surface area contributed by atoms with Gasteiger partial charge in [0.1, 0.15) is 11.6 Å². The van der Waals surface area contributed by atoms with Crippen LogP contribution in [-0.4, -0.2) is 25.5 Å². The Labute approximate surface area is 189 Å². The van der Waals surface area contributed by atoms with E-state index >= 15 is 0 Å². The summed E-state index contributed by atoms with van der Waals surface area (Å²) in [5.41, 5.74) is -0.430. The van der Waals surface area contributed by atoms with Crippen LogP contribution in [-0.2, 0) is 13.3 Å². The van der Waals surface area contributed by atoms with Crippen LogP contribution in [0.4, 0.5) is 23.2 Å². The number of hydrogen-bond donors (Lipinski definition) is 1. The third-order valence-electron chi connectivity index (χ3n) is 4.48. The molecule has 33 heavy (non-hydrogen) atoms. The molecule has 7 nitrogen and oxygen atoms in total. The van der Waals surface area contributed by atoms with Crippen molar-refractivity contribution in [3.63, 3.8) is 0 Å². The van der Waals surface area contributed by atoms with Gasteiger partial charge in [-0.05, 0) is 18.2 Å². The molecular formula is C21H14ClF4N5O2. The van der Waals surface area contributed by atoms with Crippen LogP contribution in [0.2, 0.25) is 5.02 Å². The minimum absolute atomic E-state index is 0.0142. The number of nitrogens with one attached hydrogen (secondary N) is 1. The first-order valence-corrected chi connectivity index (χ1v) is 9.76. The molecule has 0 fully saturated rings. The lowest BCUT2D eigenvalue weighted by molar-refractivity contribution is 0.102. The van der Waals surface area contributed by atoms with E-state index in [1.807, 2.05) is 0 Å². The molecule has 0 saturated heterocycles. The van der Waals surface area contributed by atoms with Crippen LogP contribution in [0, 0.1) is 23.3 Å². The molecule has 0 saturated carbocycles. The number of ether oxygens (including phenoxy) is 1. The van der Waals surface area contributed by atoms with Crippen molar-refractivity contribution in [2.45, 2.75) is 13.3 Å². The molecule has 1 N–H and O–H groups in total. The Balaban J connectivity index is 1.38. The second-order valence-electron chi connectivity index (χ2n) is 6.77. The first-order chi connectivity index (χ1) is 15.8. The van der Waals surface area contributed by atoms with Gasteiger partial charge in [0.15, 0.2) is 29.9 Å². The molecule has 2 aromatic heterocycles. The van der Waals surface area contributed by atoms with E-state index in [0.29, 0.717) is 10.8 Å². The molecule has 4 aromatic rings. The minimum atomic E-state index is -1.78. The molecule has 0 bridgehead atoms. The molecule has 170 valence electrons. The fraction of sp³-hybridized carbons (Fsp3) is 0.0952. The van der Waals surface area contributed by atoms with Crippen molar-refractivity contribution in [2.75, 3.05) is 5.32 Å². The van der Waals surface area contributed by atoms with Crippen molar-refractivity contribution in [2.24, 2.45) is 0 Å². The van der Waals surface area contributed by atoms with E-state index in [2.05, 4.69) is 15.5 Å². The quantitative estimate of drug-likeness (QED) is 0.238.